The van der Waals surface area contributed by atoms with Gasteiger partial charge in [0.1, 0.15) is 24.7 Å². The number of benzene rings is 2. The molecule has 0 unspecified atom stereocenters. The highest BCUT2D eigenvalue weighted by molar-refractivity contribution is 5.70. The van der Waals surface area contributed by atoms with Gasteiger partial charge in [0.25, 0.3) is 0 Å². The van der Waals surface area contributed by atoms with E-state index in [0.717, 1.165) is 16.7 Å². The molecular formula is C19H21NO4. The normalized spacial score (nSPS) is 23.3. The number of aryl methyl sites for hydroxylation is 1. The van der Waals surface area contributed by atoms with E-state index in [-0.39, 0.29) is 0 Å². The van der Waals surface area contributed by atoms with Crippen molar-refractivity contribution in [2.24, 2.45) is 0 Å². The standard InChI is InChI=1S/C19H21NO4/c1-12-2-6-14(7-3-12)15-8-4-13(5-9-15)11-24-16-10-20-17(18(16)21)19(22)23/h2-9,16-18,20-21H,10-11H2,1H3,(H,22,23)/t16-,17+,18+/m1/s1. The predicted octanol–water partition coefficient (Wildman–Crippen LogP) is -0.396. The maximum atomic E-state index is 10.9. The van der Waals surface area contributed by atoms with E-state index in [2.05, 4.69) is 31.2 Å². The molecule has 0 aromatic heterocycles. The highest BCUT2D eigenvalue weighted by Crippen LogP contribution is 2.21. The average Bonchev–Trinajstić information content (AvgIpc) is 2.95. The van der Waals surface area contributed by atoms with Gasteiger partial charge in [0.05, 0.1) is 6.61 Å². The Bertz CT molecular complexity index is 696. The van der Waals surface area contributed by atoms with Gasteiger partial charge in [-0.2, -0.15) is 0 Å². The highest BCUT2D eigenvalue weighted by atomic mass is 16.5. The number of aliphatic hydroxyl groups excluding tert-OH is 1. The molecule has 1 saturated heterocycles. The van der Waals surface area contributed by atoms with Crippen molar-refractivity contribution in [2.45, 2.75) is 31.8 Å². The maximum absolute atomic E-state index is 10.9. The van der Waals surface area contributed by atoms with Crippen LogP contribution >= 0.6 is 0 Å². The van der Waals surface area contributed by atoms with E-state index in [1.54, 1.807) is 5.32 Å². The average molecular weight is 327 g/mol. The van der Waals surface area contributed by atoms with Crippen LogP contribution in [0.5, 0.6) is 0 Å². The first kappa shape index (κ1) is 16.6. The Morgan fingerprint density at radius 3 is 2.29 bits per heavy atom. The summed E-state index contributed by atoms with van der Waals surface area (Å²) in [6.07, 6.45) is -1.54. The Balaban J connectivity index is 1.59. The lowest BCUT2D eigenvalue weighted by molar-refractivity contribution is -0.669. The van der Waals surface area contributed by atoms with Crippen LogP contribution in [0.3, 0.4) is 0 Å². The third-order valence-corrected chi connectivity index (χ3v) is 4.45. The summed E-state index contributed by atoms with van der Waals surface area (Å²) in [4.78, 5) is 10.9. The molecule has 1 aliphatic heterocycles. The van der Waals surface area contributed by atoms with Crippen molar-refractivity contribution in [3.8, 4) is 11.1 Å². The summed E-state index contributed by atoms with van der Waals surface area (Å²) in [5.74, 6) is -1.25. The molecule has 1 aliphatic rings. The van der Waals surface area contributed by atoms with Crippen molar-refractivity contribution >= 4 is 5.97 Å². The summed E-state index contributed by atoms with van der Waals surface area (Å²) in [5, 5.41) is 22.3. The Morgan fingerprint density at radius 1 is 1.17 bits per heavy atom. The van der Waals surface area contributed by atoms with Crippen molar-refractivity contribution in [2.75, 3.05) is 6.54 Å². The number of quaternary nitrogens is 1. The van der Waals surface area contributed by atoms with Gasteiger partial charge in [0, 0.05) is 0 Å². The van der Waals surface area contributed by atoms with Gasteiger partial charge < -0.3 is 25.1 Å². The fourth-order valence-electron chi connectivity index (χ4n) is 2.94. The predicted molar refractivity (Wildman–Crippen MR) is 86.8 cm³/mol. The van der Waals surface area contributed by atoms with Crippen molar-refractivity contribution in [3.05, 3.63) is 59.7 Å². The van der Waals surface area contributed by atoms with Crippen LogP contribution in [0.15, 0.2) is 48.5 Å². The van der Waals surface area contributed by atoms with E-state index in [4.69, 9.17) is 4.74 Å². The molecule has 3 N–H and O–H groups in total. The van der Waals surface area contributed by atoms with Crippen molar-refractivity contribution in [1.82, 2.24) is 0 Å². The number of aliphatic hydroxyl groups is 1. The van der Waals surface area contributed by atoms with Crippen LogP contribution in [0, 0.1) is 6.92 Å². The fraction of sp³-hybridized carbons (Fsp3) is 0.316. The molecule has 5 heteroatoms. The Kier molecular flexibility index (Phi) is 4.94. The number of hydrogen-bond donors (Lipinski definition) is 2. The zero-order valence-corrected chi connectivity index (χ0v) is 13.5. The third-order valence-electron chi connectivity index (χ3n) is 4.45. The minimum atomic E-state index is -1.25. The van der Waals surface area contributed by atoms with Crippen LogP contribution in [0.2, 0.25) is 0 Å². The van der Waals surface area contributed by atoms with Gasteiger partial charge in [-0.3, -0.25) is 0 Å². The smallest absolute Gasteiger partial charge is 0.155 e. The zero-order valence-electron chi connectivity index (χ0n) is 13.5. The Morgan fingerprint density at radius 2 is 1.75 bits per heavy atom. The second-order valence-corrected chi connectivity index (χ2v) is 6.22. The van der Waals surface area contributed by atoms with Crippen LogP contribution in [0.4, 0.5) is 0 Å². The molecule has 3 atom stereocenters. The molecule has 5 nitrogen and oxygen atoms in total. The molecule has 0 saturated carbocycles. The molecule has 24 heavy (non-hydrogen) atoms. The van der Waals surface area contributed by atoms with E-state index < -0.39 is 24.2 Å². The van der Waals surface area contributed by atoms with Crippen molar-refractivity contribution in [3.63, 3.8) is 0 Å². The van der Waals surface area contributed by atoms with Gasteiger partial charge in [-0.15, -0.1) is 0 Å². The van der Waals surface area contributed by atoms with Gasteiger partial charge >= 0.3 is 0 Å². The minimum Gasteiger partial charge on any atom is -0.544 e. The van der Waals surface area contributed by atoms with Crippen molar-refractivity contribution < 1.29 is 25.1 Å². The van der Waals surface area contributed by atoms with E-state index in [1.165, 1.54) is 5.56 Å². The van der Waals surface area contributed by atoms with Gasteiger partial charge in [-0.25, -0.2) is 0 Å². The first-order valence-electron chi connectivity index (χ1n) is 8.04. The number of carboxylic acid groups (broad SMARTS) is 1. The van der Waals surface area contributed by atoms with E-state index in [9.17, 15) is 15.0 Å². The Labute approximate surface area is 140 Å². The lowest BCUT2D eigenvalue weighted by Crippen LogP contribution is -2.91. The summed E-state index contributed by atoms with van der Waals surface area (Å²) in [5.41, 5.74) is 4.50. The summed E-state index contributed by atoms with van der Waals surface area (Å²) >= 11 is 0. The van der Waals surface area contributed by atoms with Crippen LogP contribution in [-0.2, 0) is 16.1 Å². The number of ether oxygens (including phenoxy) is 1. The van der Waals surface area contributed by atoms with Crippen LogP contribution in [0.25, 0.3) is 11.1 Å². The summed E-state index contributed by atoms with van der Waals surface area (Å²) in [6, 6.07) is 15.4. The largest absolute Gasteiger partial charge is 0.544 e. The maximum Gasteiger partial charge on any atom is 0.155 e. The quantitative estimate of drug-likeness (QED) is 0.783. The second kappa shape index (κ2) is 7.13. The minimum absolute atomic E-state index is 0.337. The molecule has 1 heterocycles. The molecule has 1 fully saturated rings. The van der Waals surface area contributed by atoms with Crippen LogP contribution in [0.1, 0.15) is 11.1 Å². The van der Waals surface area contributed by atoms with E-state index in [0.29, 0.717) is 13.2 Å². The molecule has 0 radical (unpaired) electrons. The molecule has 0 spiro atoms. The van der Waals surface area contributed by atoms with E-state index >= 15 is 0 Å². The Hall–Kier alpha value is -2.21. The first-order chi connectivity index (χ1) is 11.5. The van der Waals surface area contributed by atoms with Crippen LogP contribution < -0.4 is 10.4 Å². The van der Waals surface area contributed by atoms with Crippen molar-refractivity contribution in [1.29, 1.82) is 0 Å². The molecule has 126 valence electrons. The lowest BCUT2D eigenvalue weighted by Gasteiger charge is -2.16. The molecule has 3 rings (SSSR count). The summed E-state index contributed by atoms with van der Waals surface area (Å²) < 4.78 is 5.67. The number of aliphatic carboxylic acids is 1. The monoisotopic (exact) mass is 327 g/mol. The number of carbonyl (C=O) groups excluding carboxylic acids is 1. The summed E-state index contributed by atoms with van der Waals surface area (Å²) in [7, 11) is 0. The third kappa shape index (κ3) is 3.64. The SMILES string of the molecule is Cc1ccc(-c2ccc(CO[C@@H]3C[NH2+][C@H](C(=O)[O-])[C@H]3O)cc2)cc1. The number of nitrogens with two attached hydrogens (primary N) is 1. The number of carbonyl (C=O) groups is 1. The zero-order chi connectivity index (χ0) is 17.1. The summed E-state index contributed by atoms with van der Waals surface area (Å²) in [6.45, 7) is 2.81. The molecule has 2 aromatic rings. The highest BCUT2D eigenvalue weighted by Gasteiger charge is 2.40. The van der Waals surface area contributed by atoms with Gasteiger partial charge in [0.2, 0.25) is 0 Å². The second-order valence-electron chi connectivity index (χ2n) is 6.22. The molecular weight excluding hydrogens is 306 g/mol. The number of rotatable bonds is 5. The lowest BCUT2D eigenvalue weighted by atomic mass is 10.0. The number of carboxylic acids is 1. The topological polar surface area (TPSA) is 86.2 Å². The van der Waals surface area contributed by atoms with Gasteiger partial charge in [0.15, 0.2) is 6.04 Å². The van der Waals surface area contributed by atoms with Crippen LogP contribution in [-0.4, -0.2) is 35.9 Å². The molecule has 0 amide bonds. The molecule has 0 bridgehead atoms. The van der Waals surface area contributed by atoms with E-state index in [1.807, 2.05) is 24.3 Å². The van der Waals surface area contributed by atoms with Gasteiger partial charge in [-0.1, -0.05) is 54.1 Å². The molecule has 0 aliphatic carbocycles. The first-order valence-corrected chi connectivity index (χ1v) is 8.04. The fourth-order valence-corrected chi connectivity index (χ4v) is 2.94. The number of hydrogen-bond acceptors (Lipinski definition) is 4. The van der Waals surface area contributed by atoms with Gasteiger partial charge in [-0.05, 0) is 23.6 Å². The molecule has 2 aromatic carbocycles.